The molecule has 1 N–H and O–H groups in total. The van der Waals surface area contributed by atoms with Gasteiger partial charge in [0.1, 0.15) is 0 Å². The molecule has 0 aromatic heterocycles. The van der Waals surface area contributed by atoms with Crippen LogP contribution in [0.3, 0.4) is 0 Å². The molecular formula is C23H27N3O5S. The smallest absolute Gasteiger partial charge is 0.270 e. The van der Waals surface area contributed by atoms with Gasteiger partial charge in [-0.25, -0.2) is 8.42 Å². The number of nitro benzene ring substituents is 1. The number of benzene rings is 2. The number of sulfone groups is 1. The summed E-state index contributed by atoms with van der Waals surface area (Å²) in [5.74, 6) is -0.458. The molecule has 1 saturated heterocycles. The molecule has 1 amide bonds. The molecule has 0 atom stereocenters. The van der Waals surface area contributed by atoms with E-state index in [1.54, 1.807) is 18.2 Å². The average molecular weight is 458 g/mol. The molecule has 0 unspecified atom stereocenters. The Morgan fingerprint density at radius 1 is 0.969 bits per heavy atom. The van der Waals surface area contributed by atoms with Gasteiger partial charge in [-0.15, -0.1) is 0 Å². The minimum Gasteiger partial charge on any atom is -0.371 e. The number of nitrogens with one attached hydrogen (secondary N) is 1. The Bertz CT molecular complexity index is 1100. The number of amides is 1. The van der Waals surface area contributed by atoms with E-state index in [2.05, 4.69) is 10.2 Å². The lowest BCUT2D eigenvalue weighted by Gasteiger charge is -2.30. The third kappa shape index (κ3) is 4.62. The molecule has 9 heteroatoms. The maximum Gasteiger partial charge on any atom is 0.270 e. The number of piperidine rings is 1. The van der Waals surface area contributed by atoms with E-state index in [4.69, 9.17) is 0 Å². The van der Waals surface area contributed by atoms with E-state index in [9.17, 15) is 23.3 Å². The lowest BCUT2D eigenvalue weighted by atomic mass is 10.1. The highest BCUT2D eigenvalue weighted by Crippen LogP contribution is 2.31. The van der Waals surface area contributed by atoms with Crippen molar-refractivity contribution in [2.75, 3.05) is 23.3 Å². The third-order valence-corrected chi connectivity index (χ3v) is 8.59. The number of nitro groups is 1. The van der Waals surface area contributed by atoms with Crippen molar-refractivity contribution in [2.24, 2.45) is 0 Å². The number of nitrogens with zero attached hydrogens (tertiary/aromatic N) is 2. The molecule has 1 aliphatic carbocycles. The Kier molecular flexibility index (Phi) is 6.45. The van der Waals surface area contributed by atoms with E-state index in [1.807, 2.05) is 0 Å². The molecule has 0 radical (unpaired) electrons. The van der Waals surface area contributed by atoms with Gasteiger partial charge in [-0.05, 0) is 62.4 Å². The fourth-order valence-corrected chi connectivity index (χ4v) is 6.40. The number of hydrogen-bond donors (Lipinski definition) is 1. The minimum absolute atomic E-state index is 0.145. The van der Waals surface area contributed by atoms with E-state index in [1.165, 1.54) is 24.3 Å². The van der Waals surface area contributed by atoms with Crippen LogP contribution in [0.2, 0.25) is 0 Å². The maximum absolute atomic E-state index is 13.1. The van der Waals surface area contributed by atoms with Crippen LogP contribution in [0.1, 0.15) is 55.3 Å². The Morgan fingerprint density at radius 2 is 1.62 bits per heavy atom. The first-order chi connectivity index (χ1) is 15.4. The first-order valence-corrected chi connectivity index (χ1v) is 12.6. The van der Waals surface area contributed by atoms with Gasteiger partial charge in [-0.2, -0.15) is 0 Å². The van der Waals surface area contributed by atoms with Crippen LogP contribution in [-0.2, 0) is 9.84 Å². The van der Waals surface area contributed by atoms with Gasteiger partial charge in [-0.1, -0.05) is 12.8 Å². The number of rotatable bonds is 6. The van der Waals surface area contributed by atoms with E-state index in [0.29, 0.717) is 24.2 Å². The first-order valence-electron chi connectivity index (χ1n) is 11.0. The molecule has 32 heavy (non-hydrogen) atoms. The number of hydrogen-bond acceptors (Lipinski definition) is 6. The van der Waals surface area contributed by atoms with Crippen LogP contribution >= 0.6 is 0 Å². The van der Waals surface area contributed by atoms with Crippen molar-refractivity contribution in [3.8, 4) is 0 Å². The second kappa shape index (κ2) is 9.28. The van der Waals surface area contributed by atoms with Gasteiger partial charge >= 0.3 is 0 Å². The largest absolute Gasteiger partial charge is 0.371 e. The number of carbonyl (C=O) groups excluding carboxylic acids is 1. The number of non-ortho nitro benzene ring substituents is 1. The molecule has 8 nitrogen and oxygen atoms in total. The zero-order valence-electron chi connectivity index (χ0n) is 17.8. The lowest BCUT2D eigenvalue weighted by Crippen LogP contribution is -2.31. The van der Waals surface area contributed by atoms with Crippen molar-refractivity contribution in [3.63, 3.8) is 0 Å². The first kappa shape index (κ1) is 22.3. The molecule has 170 valence electrons. The molecule has 2 aromatic rings. The molecule has 2 aliphatic rings. The topological polar surface area (TPSA) is 110 Å². The number of anilines is 2. The highest BCUT2D eigenvalue weighted by atomic mass is 32.2. The fourth-order valence-electron chi connectivity index (χ4n) is 4.55. The summed E-state index contributed by atoms with van der Waals surface area (Å²) in [7, 11) is -3.37. The monoisotopic (exact) mass is 457 g/mol. The molecule has 2 fully saturated rings. The van der Waals surface area contributed by atoms with E-state index in [0.717, 1.165) is 45.2 Å². The molecule has 1 aliphatic heterocycles. The van der Waals surface area contributed by atoms with Crippen LogP contribution in [-0.4, -0.2) is 37.6 Å². The van der Waals surface area contributed by atoms with Gasteiger partial charge in [0.15, 0.2) is 9.84 Å². The summed E-state index contributed by atoms with van der Waals surface area (Å²) in [5, 5.41) is 13.7. The van der Waals surface area contributed by atoms with Crippen LogP contribution in [0.4, 0.5) is 17.1 Å². The van der Waals surface area contributed by atoms with Gasteiger partial charge in [-0.3, -0.25) is 14.9 Å². The van der Waals surface area contributed by atoms with Crippen LogP contribution in [0, 0.1) is 10.1 Å². The second-order valence-electron chi connectivity index (χ2n) is 8.44. The highest BCUT2D eigenvalue weighted by Gasteiger charge is 2.30. The van der Waals surface area contributed by atoms with Crippen LogP contribution in [0.5, 0.6) is 0 Å². The van der Waals surface area contributed by atoms with E-state index >= 15 is 0 Å². The Morgan fingerprint density at radius 3 is 2.25 bits per heavy atom. The summed E-state index contributed by atoms with van der Waals surface area (Å²) in [6, 6.07) is 10.5. The quantitative estimate of drug-likeness (QED) is 0.503. The molecule has 1 heterocycles. The Hall–Kier alpha value is -2.94. The molecule has 0 spiro atoms. The molecule has 0 bridgehead atoms. The van der Waals surface area contributed by atoms with Crippen molar-refractivity contribution < 1.29 is 18.1 Å². The van der Waals surface area contributed by atoms with Crippen molar-refractivity contribution in [1.82, 2.24) is 0 Å². The van der Waals surface area contributed by atoms with E-state index in [-0.39, 0.29) is 21.4 Å². The second-order valence-corrected chi connectivity index (χ2v) is 10.7. The van der Waals surface area contributed by atoms with Gasteiger partial charge in [0.25, 0.3) is 11.6 Å². The van der Waals surface area contributed by atoms with Crippen molar-refractivity contribution >= 4 is 32.8 Å². The Labute approximate surface area is 187 Å². The van der Waals surface area contributed by atoms with Gasteiger partial charge in [0.2, 0.25) is 0 Å². The predicted octanol–water partition coefficient (Wildman–Crippen LogP) is 4.55. The van der Waals surface area contributed by atoms with Crippen molar-refractivity contribution in [3.05, 3.63) is 58.1 Å². The fraction of sp³-hybridized carbons (Fsp3) is 0.435. The normalized spacial score (nSPS) is 17.3. The molecule has 4 rings (SSSR count). The summed E-state index contributed by atoms with van der Waals surface area (Å²) in [6.07, 6.45) is 6.38. The van der Waals surface area contributed by atoms with Crippen molar-refractivity contribution in [2.45, 2.75) is 55.1 Å². The Balaban J connectivity index is 1.56. The highest BCUT2D eigenvalue weighted by molar-refractivity contribution is 7.92. The maximum atomic E-state index is 13.1. The predicted molar refractivity (Wildman–Crippen MR) is 123 cm³/mol. The van der Waals surface area contributed by atoms with Crippen LogP contribution in [0.15, 0.2) is 47.4 Å². The molecule has 1 saturated carbocycles. The zero-order chi connectivity index (χ0) is 22.7. The lowest BCUT2D eigenvalue weighted by molar-refractivity contribution is -0.384. The summed E-state index contributed by atoms with van der Waals surface area (Å²) in [4.78, 5) is 26.2. The number of carbonyl (C=O) groups is 1. The van der Waals surface area contributed by atoms with Gasteiger partial charge in [0.05, 0.1) is 26.3 Å². The standard InChI is InChI=1S/C23H27N3O5S/c27-23(21-16-18(26(28)29)10-13-22(21)25-14-4-1-5-15-25)24-17-8-11-20(12-9-17)32(30,31)19-6-2-3-7-19/h8-13,16,19H,1-7,14-15H2,(H,24,27). The van der Waals surface area contributed by atoms with Gasteiger partial charge < -0.3 is 10.2 Å². The summed E-state index contributed by atoms with van der Waals surface area (Å²) in [6.45, 7) is 1.59. The molecule has 2 aromatic carbocycles. The summed E-state index contributed by atoms with van der Waals surface area (Å²) >= 11 is 0. The van der Waals surface area contributed by atoms with Crippen molar-refractivity contribution in [1.29, 1.82) is 0 Å². The van der Waals surface area contributed by atoms with Crippen LogP contribution in [0.25, 0.3) is 0 Å². The average Bonchev–Trinajstić information content (AvgIpc) is 3.35. The SMILES string of the molecule is O=C(Nc1ccc(S(=O)(=O)C2CCCC2)cc1)c1cc([N+](=O)[O-])ccc1N1CCCCC1. The molecular weight excluding hydrogens is 430 g/mol. The summed E-state index contributed by atoms with van der Waals surface area (Å²) < 4.78 is 25.5. The van der Waals surface area contributed by atoms with Crippen LogP contribution < -0.4 is 10.2 Å². The zero-order valence-corrected chi connectivity index (χ0v) is 18.6. The third-order valence-electron chi connectivity index (χ3n) is 6.31. The summed E-state index contributed by atoms with van der Waals surface area (Å²) in [5.41, 5.74) is 1.21. The van der Waals surface area contributed by atoms with E-state index < -0.39 is 20.7 Å². The minimum atomic E-state index is -3.37. The van der Waals surface area contributed by atoms with Gasteiger partial charge in [0, 0.05) is 30.9 Å².